The lowest BCUT2D eigenvalue weighted by molar-refractivity contribution is 0.00952. The number of benzene rings is 1. The summed E-state index contributed by atoms with van der Waals surface area (Å²) in [4.78, 5) is 12.1. The average Bonchev–Trinajstić information content (AvgIpc) is 2.95. The number of rotatable bonds is 8. The molecule has 0 aliphatic carbocycles. The van der Waals surface area contributed by atoms with Gasteiger partial charge in [0.25, 0.3) is 0 Å². The Morgan fingerprint density at radius 2 is 2.00 bits per heavy atom. The van der Waals surface area contributed by atoms with Crippen LogP contribution >= 0.6 is 34.5 Å². The molecule has 0 fully saturated rings. The highest BCUT2D eigenvalue weighted by atomic mass is 35.5. The van der Waals surface area contributed by atoms with Crippen LogP contribution in [0.4, 0.5) is 0 Å². The molecule has 2 aromatic rings. The van der Waals surface area contributed by atoms with Crippen molar-refractivity contribution in [3.63, 3.8) is 0 Å². The number of aromatic hydroxyl groups is 1. The molecule has 1 heterocycles. The molecule has 1 N–H and O–H groups in total. The van der Waals surface area contributed by atoms with E-state index in [1.807, 2.05) is 6.92 Å². The quantitative estimate of drug-likeness (QED) is 0.599. The van der Waals surface area contributed by atoms with Crippen LogP contribution in [0.3, 0.4) is 0 Å². The third-order valence-corrected chi connectivity index (χ3v) is 7.87. The van der Waals surface area contributed by atoms with E-state index in [-0.39, 0.29) is 43.3 Å². The van der Waals surface area contributed by atoms with E-state index in [0.717, 1.165) is 11.3 Å². The van der Waals surface area contributed by atoms with E-state index in [4.69, 9.17) is 32.7 Å². The Morgan fingerprint density at radius 1 is 1.30 bits per heavy atom. The van der Waals surface area contributed by atoms with Gasteiger partial charge >= 0.3 is 5.97 Å². The molecule has 27 heavy (non-hydrogen) atoms. The summed E-state index contributed by atoms with van der Waals surface area (Å²) >= 11 is 12.5. The standard InChI is InChI=1S/C17H18Cl2O6S2/c1-3-11(24-2)8-25-17(21)12-5-4-10(6-14(12)20)9-27(22,23)15-7-13(18)16(19)26-15/h4-7,11,20H,3,8-9H2,1-2H3. The van der Waals surface area contributed by atoms with E-state index < -0.39 is 15.8 Å². The van der Waals surface area contributed by atoms with Gasteiger partial charge < -0.3 is 14.6 Å². The van der Waals surface area contributed by atoms with Gasteiger partial charge in [-0.3, -0.25) is 0 Å². The van der Waals surface area contributed by atoms with E-state index in [1.54, 1.807) is 0 Å². The average molecular weight is 453 g/mol. The molecule has 0 bridgehead atoms. The Morgan fingerprint density at radius 3 is 2.52 bits per heavy atom. The van der Waals surface area contributed by atoms with E-state index in [9.17, 15) is 18.3 Å². The van der Waals surface area contributed by atoms with Crippen molar-refractivity contribution < 1.29 is 27.8 Å². The molecule has 1 atom stereocenters. The summed E-state index contributed by atoms with van der Waals surface area (Å²) in [7, 11) is -2.17. The van der Waals surface area contributed by atoms with Gasteiger partial charge in [0.1, 0.15) is 26.5 Å². The normalized spacial score (nSPS) is 12.7. The first-order valence-electron chi connectivity index (χ1n) is 7.87. The topological polar surface area (TPSA) is 89.9 Å². The van der Waals surface area contributed by atoms with Crippen LogP contribution in [0.2, 0.25) is 9.36 Å². The monoisotopic (exact) mass is 452 g/mol. The summed E-state index contributed by atoms with van der Waals surface area (Å²) in [5.74, 6) is -1.44. The predicted octanol–water partition coefficient (Wildman–Crippen LogP) is 4.32. The van der Waals surface area contributed by atoms with E-state index in [1.165, 1.54) is 31.4 Å². The fourth-order valence-electron chi connectivity index (χ4n) is 2.21. The summed E-state index contributed by atoms with van der Waals surface area (Å²) in [5.41, 5.74) is 0.261. The second-order valence-electron chi connectivity index (χ2n) is 5.66. The molecule has 0 amide bonds. The first kappa shape index (κ1) is 22.0. The van der Waals surface area contributed by atoms with Crippen molar-refractivity contribution in [3.05, 3.63) is 44.8 Å². The molecule has 2 rings (SSSR count). The minimum absolute atomic E-state index is 0.0330. The van der Waals surface area contributed by atoms with Gasteiger partial charge in [-0.25, -0.2) is 13.2 Å². The van der Waals surface area contributed by atoms with E-state index in [2.05, 4.69) is 0 Å². The molecule has 1 aromatic heterocycles. The summed E-state index contributed by atoms with van der Waals surface area (Å²) in [6, 6.07) is 5.27. The van der Waals surface area contributed by atoms with Gasteiger partial charge in [-0.05, 0) is 30.2 Å². The number of ether oxygens (including phenoxy) is 2. The minimum Gasteiger partial charge on any atom is -0.507 e. The van der Waals surface area contributed by atoms with Crippen LogP contribution in [0.25, 0.3) is 0 Å². The minimum atomic E-state index is -3.69. The van der Waals surface area contributed by atoms with Crippen molar-refractivity contribution in [1.29, 1.82) is 0 Å². The van der Waals surface area contributed by atoms with Crippen LogP contribution in [0, 0.1) is 0 Å². The van der Waals surface area contributed by atoms with Crippen LogP contribution < -0.4 is 0 Å². The highest BCUT2D eigenvalue weighted by molar-refractivity contribution is 7.92. The van der Waals surface area contributed by atoms with Crippen LogP contribution in [0.15, 0.2) is 28.5 Å². The van der Waals surface area contributed by atoms with Crippen molar-refractivity contribution in [1.82, 2.24) is 0 Å². The maximum Gasteiger partial charge on any atom is 0.342 e. The number of esters is 1. The molecule has 0 radical (unpaired) electrons. The molecule has 1 unspecified atom stereocenters. The molecular formula is C17H18Cl2O6S2. The Balaban J connectivity index is 2.13. The maximum absolute atomic E-state index is 12.4. The van der Waals surface area contributed by atoms with Crippen LogP contribution in [0.1, 0.15) is 29.3 Å². The molecule has 1 aromatic carbocycles. The first-order chi connectivity index (χ1) is 12.7. The first-order valence-corrected chi connectivity index (χ1v) is 11.1. The van der Waals surface area contributed by atoms with E-state index in [0.29, 0.717) is 12.0 Å². The zero-order valence-electron chi connectivity index (χ0n) is 14.6. The van der Waals surface area contributed by atoms with Gasteiger partial charge in [0.2, 0.25) is 0 Å². The lowest BCUT2D eigenvalue weighted by Crippen LogP contribution is -2.20. The van der Waals surface area contributed by atoms with Crippen LogP contribution in [-0.2, 0) is 25.1 Å². The summed E-state index contributed by atoms with van der Waals surface area (Å²) in [5, 5.41) is 10.3. The summed E-state index contributed by atoms with van der Waals surface area (Å²) in [6.45, 7) is 1.95. The van der Waals surface area contributed by atoms with Crippen LogP contribution in [-0.4, -0.2) is 39.3 Å². The molecule has 0 spiro atoms. The van der Waals surface area contributed by atoms with Crippen molar-refractivity contribution in [2.24, 2.45) is 0 Å². The molecule has 10 heteroatoms. The molecule has 0 saturated heterocycles. The number of phenols is 1. The third kappa shape index (κ3) is 5.58. The highest BCUT2D eigenvalue weighted by Crippen LogP contribution is 2.36. The zero-order chi connectivity index (χ0) is 20.2. The number of methoxy groups -OCH3 is 1. The number of carbonyl (C=O) groups excluding carboxylic acids is 1. The second kappa shape index (κ2) is 9.25. The Kier molecular flexibility index (Phi) is 7.53. The van der Waals surface area contributed by atoms with Gasteiger partial charge in [0.05, 0.1) is 16.9 Å². The van der Waals surface area contributed by atoms with E-state index >= 15 is 0 Å². The summed E-state index contributed by atoms with van der Waals surface area (Å²) < 4.78 is 35.3. The number of phenolic OH excluding ortho intramolecular Hbond substituents is 1. The highest BCUT2D eigenvalue weighted by Gasteiger charge is 2.22. The van der Waals surface area contributed by atoms with Crippen molar-refractivity contribution in [3.8, 4) is 5.75 Å². The third-order valence-electron chi connectivity index (χ3n) is 3.76. The zero-order valence-corrected chi connectivity index (χ0v) is 17.7. The van der Waals surface area contributed by atoms with Gasteiger partial charge in [-0.15, -0.1) is 11.3 Å². The molecular weight excluding hydrogens is 435 g/mol. The van der Waals surface area contributed by atoms with Crippen LogP contribution in [0.5, 0.6) is 5.75 Å². The Hall–Kier alpha value is -1.32. The Labute approximate surface area is 171 Å². The molecule has 0 saturated carbocycles. The largest absolute Gasteiger partial charge is 0.507 e. The number of sulfone groups is 1. The maximum atomic E-state index is 12.4. The van der Waals surface area contributed by atoms with Crippen molar-refractivity contribution in [2.45, 2.75) is 29.4 Å². The van der Waals surface area contributed by atoms with Gasteiger partial charge in [-0.1, -0.05) is 36.2 Å². The SMILES string of the molecule is CCC(COC(=O)c1ccc(CS(=O)(=O)c2cc(Cl)c(Cl)s2)cc1O)OC. The molecule has 0 aliphatic rings. The van der Waals surface area contributed by atoms with Gasteiger partial charge in [0, 0.05) is 7.11 Å². The number of thiophene rings is 1. The fraction of sp³-hybridized carbons (Fsp3) is 0.353. The van der Waals surface area contributed by atoms with Gasteiger partial charge in [-0.2, -0.15) is 0 Å². The second-order valence-corrected chi connectivity index (χ2v) is 9.94. The lowest BCUT2D eigenvalue weighted by atomic mass is 10.1. The number of hydrogen-bond acceptors (Lipinski definition) is 7. The van der Waals surface area contributed by atoms with Gasteiger partial charge in [0.15, 0.2) is 9.84 Å². The molecule has 6 nitrogen and oxygen atoms in total. The molecule has 148 valence electrons. The lowest BCUT2D eigenvalue weighted by Gasteiger charge is -2.13. The fourth-order valence-corrected chi connectivity index (χ4v) is 5.51. The smallest absolute Gasteiger partial charge is 0.342 e. The number of carbonyl (C=O) groups is 1. The Bertz CT molecular complexity index is 900. The van der Waals surface area contributed by atoms with Crippen molar-refractivity contribution in [2.75, 3.05) is 13.7 Å². The predicted molar refractivity (Wildman–Crippen MR) is 105 cm³/mol. The van der Waals surface area contributed by atoms with Crippen molar-refractivity contribution >= 4 is 50.3 Å². The number of hydrogen-bond donors (Lipinski definition) is 1. The molecule has 0 aliphatic heterocycles. The summed E-state index contributed by atoms with van der Waals surface area (Å²) in [6.07, 6.45) is 0.438. The number of halogens is 2.